The lowest BCUT2D eigenvalue weighted by molar-refractivity contribution is 0.484. The van der Waals surface area contributed by atoms with Crippen LogP contribution in [0.1, 0.15) is 5.56 Å². The van der Waals surface area contributed by atoms with E-state index in [4.69, 9.17) is 4.74 Å². The number of nitrogens with zero attached hydrogens (tertiary/aromatic N) is 3. The minimum absolute atomic E-state index is 0.0205. The van der Waals surface area contributed by atoms with Crippen molar-refractivity contribution in [1.29, 1.82) is 0 Å². The predicted molar refractivity (Wildman–Crippen MR) is 230 cm³/mol. The zero-order valence-corrected chi connectivity index (χ0v) is 29.9. The van der Waals surface area contributed by atoms with Crippen LogP contribution in [0.2, 0.25) is 0 Å². The van der Waals surface area contributed by atoms with Gasteiger partial charge in [-0.05, 0) is 94.3 Å². The van der Waals surface area contributed by atoms with Gasteiger partial charge in [0.1, 0.15) is 11.5 Å². The van der Waals surface area contributed by atoms with E-state index in [-0.39, 0.29) is 13.4 Å². The summed E-state index contributed by atoms with van der Waals surface area (Å²) < 4.78 is 12.3. The molecule has 4 nitrogen and oxygen atoms in total. The molecule has 2 aromatic heterocycles. The molecule has 8 aromatic carbocycles. The number of benzene rings is 8. The molecule has 0 aliphatic carbocycles. The summed E-state index contributed by atoms with van der Waals surface area (Å²) in [6, 6.07) is 58.5. The number of hydrogen-bond acceptors (Lipinski definition) is 2. The van der Waals surface area contributed by atoms with Crippen molar-refractivity contribution in [2.45, 2.75) is 6.92 Å². The standard InChI is InChI=1S/C49H29B2N3O/c1-28-46-36(27-37-49(28)55-43-26-24-33-31-16-6-10-20-39(31)54-41-22-12-8-18-35(41)51(37)45(43)48(33)54)50-34-17-7-11-21-40(34)53-38-19-9-5-15-30(38)32-23-25-42(44(50)47(32)53)52(46)29-13-3-2-4-14-29/h2-27H,1H3. The van der Waals surface area contributed by atoms with E-state index in [1.54, 1.807) is 0 Å². The summed E-state index contributed by atoms with van der Waals surface area (Å²) >= 11 is 0. The van der Waals surface area contributed by atoms with E-state index in [1.165, 1.54) is 105 Å². The zero-order valence-electron chi connectivity index (χ0n) is 29.9. The Morgan fingerprint density at radius 3 is 1.71 bits per heavy atom. The van der Waals surface area contributed by atoms with Crippen molar-refractivity contribution < 1.29 is 4.74 Å². The van der Waals surface area contributed by atoms with Gasteiger partial charge in [-0.25, -0.2) is 0 Å². The lowest BCUT2D eigenvalue weighted by atomic mass is 9.30. The Labute approximate surface area is 317 Å². The molecule has 14 rings (SSSR count). The first-order valence-electron chi connectivity index (χ1n) is 19.3. The molecule has 55 heavy (non-hydrogen) atoms. The average Bonchev–Trinajstić information content (AvgIpc) is 3.77. The second kappa shape index (κ2) is 9.79. The van der Waals surface area contributed by atoms with E-state index in [0.717, 1.165) is 17.2 Å². The molecule has 252 valence electrons. The maximum Gasteiger partial charge on any atom is 0.256 e. The van der Waals surface area contributed by atoms with Gasteiger partial charge in [0, 0.05) is 55.5 Å². The number of fused-ring (bicyclic) bond motifs is 16. The Morgan fingerprint density at radius 2 is 1.02 bits per heavy atom. The summed E-state index contributed by atoms with van der Waals surface area (Å²) in [6.45, 7) is 2.35. The first kappa shape index (κ1) is 28.6. The third-order valence-electron chi connectivity index (χ3n) is 13.1. The highest BCUT2D eigenvalue weighted by Crippen LogP contribution is 2.46. The van der Waals surface area contributed by atoms with Crippen molar-refractivity contribution in [3.05, 3.63) is 163 Å². The highest BCUT2D eigenvalue weighted by Gasteiger charge is 2.47. The second-order valence-electron chi connectivity index (χ2n) is 15.6. The fraction of sp³-hybridized carbons (Fsp3) is 0.0204. The van der Waals surface area contributed by atoms with Crippen LogP contribution in [0.4, 0.5) is 17.1 Å². The molecule has 0 amide bonds. The minimum atomic E-state index is 0.0205. The van der Waals surface area contributed by atoms with Crippen LogP contribution in [0.5, 0.6) is 11.5 Å². The number of anilines is 3. The molecule has 0 atom stereocenters. The quantitative estimate of drug-likeness (QED) is 0.164. The molecular formula is C49H29B2N3O. The Morgan fingerprint density at radius 1 is 0.455 bits per heavy atom. The molecule has 0 fully saturated rings. The van der Waals surface area contributed by atoms with E-state index in [9.17, 15) is 0 Å². The third-order valence-corrected chi connectivity index (χ3v) is 13.1. The van der Waals surface area contributed by atoms with E-state index in [0.29, 0.717) is 0 Å². The van der Waals surface area contributed by atoms with Crippen LogP contribution >= 0.6 is 0 Å². The topological polar surface area (TPSA) is 22.3 Å². The van der Waals surface area contributed by atoms with Crippen molar-refractivity contribution in [3.63, 3.8) is 0 Å². The van der Waals surface area contributed by atoms with Crippen LogP contribution in [0.15, 0.2) is 158 Å². The Hall–Kier alpha value is -6.91. The van der Waals surface area contributed by atoms with Crippen molar-refractivity contribution in [1.82, 2.24) is 9.13 Å². The lowest BCUT2D eigenvalue weighted by Gasteiger charge is -2.42. The van der Waals surface area contributed by atoms with Gasteiger partial charge < -0.3 is 18.8 Å². The summed E-state index contributed by atoms with van der Waals surface area (Å²) in [4.78, 5) is 2.51. The summed E-state index contributed by atoms with van der Waals surface area (Å²) in [5.74, 6) is 1.92. The number of rotatable bonds is 1. The number of ether oxygens (including phenoxy) is 1. The summed E-state index contributed by atoms with van der Waals surface area (Å²) in [7, 11) is 0. The van der Waals surface area contributed by atoms with Gasteiger partial charge in [0.15, 0.2) is 0 Å². The smallest absolute Gasteiger partial charge is 0.256 e. The summed E-state index contributed by atoms with van der Waals surface area (Å²) in [5.41, 5.74) is 20.2. The molecule has 0 unspecified atom stereocenters. The first-order valence-corrected chi connectivity index (χ1v) is 19.3. The monoisotopic (exact) mass is 697 g/mol. The van der Waals surface area contributed by atoms with Gasteiger partial charge in [-0.1, -0.05) is 103 Å². The molecule has 6 heteroatoms. The van der Waals surface area contributed by atoms with Gasteiger partial charge in [-0.15, -0.1) is 0 Å². The van der Waals surface area contributed by atoms with Gasteiger partial charge >= 0.3 is 0 Å². The van der Waals surface area contributed by atoms with Crippen molar-refractivity contribution in [3.8, 4) is 22.9 Å². The van der Waals surface area contributed by atoms with Gasteiger partial charge in [0.25, 0.3) is 13.4 Å². The largest absolute Gasteiger partial charge is 0.458 e. The Balaban J connectivity index is 1.14. The number of hydrogen-bond donors (Lipinski definition) is 0. The Kier molecular flexibility index (Phi) is 5.09. The molecule has 0 spiro atoms. The van der Waals surface area contributed by atoms with Crippen LogP contribution in [0.3, 0.4) is 0 Å². The first-order chi connectivity index (χ1) is 27.3. The zero-order chi connectivity index (χ0) is 35.7. The van der Waals surface area contributed by atoms with Gasteiger partial charge in [-0.2, -0.15) is 0 Å². The Bertz CT molecular complexity index is 3400. The summed E-state index contributed by atoms with van der Waals surface area (Å²) in [5, 5.41) is 5.14. The minimum Gasteiger partial charge on any atom is -0.458 e. The van der Waals surface area contributed by atoms with Gasteiger partial charge in [-0.3, -0.25) is 0 Å². The highest BCUT2D eigenvalue weighted by atomic mass is 16.5. The van der Waals surface area contributed by atoms with Crippen LogP contribution in [-0.4, -0.2) is 22.6 Å². The second-order valence-corrected chi connectivity index (χ2v) is 15.6. The fourth-order valence-corrected chi connectivity index (χ4v) is 11.1. The SMILES string of the molecule is Cc1c2c(cc3c1N(c1ccccc1)c1ccc4c5ccccc5n5c4c1B3c1ccccc1-5)B1c3ccccc3-n3c4ccccc4c4ccc(c1c43)O2. The third kappa shape index (κ3) is 3.27. The van der Waals surface area contributed by atoms with E-state index in [1.807, 2.05) is 0 Å². The molecule has 4 aliphatic rings. The molecule has 10 aromatic rings. The van der Waals surface area contributed by atoms with Crippen LogP contribution in [-0.2, 0) is 0 Å². The lowest BCUT2D eigenvalue weighted by Crippen LogP contribution is -2.63. The molecule has 0 saturated heterocycles. The average molecular weight is 697 g/mol. The van der Waals surface area contributed by atoms with Crippen LogP contribution < -0.4 is 42.4 Å². The molecule has 4 aliphatic heterocycles. The predicted octanol–water partition coefficient (Wildman–Crippen LogP) is 7.74. The molecule has 0 radical (unpaired) electrons. The fourth-order valence-electron chi connectivity index (χ4n) is 11.1. The van der Waals surface area contributed by atoms with Crippen molar-refractivity contribution in [2.75, 3.05) is 4.90 Å². The molecule has 0 N–H and O–H groups in total. The van der Waals surface area contributed by atoms with E-state index >= 15 is 0 Å². The van der Waals surface area contributed by atoms with E-state index < -0.39 is 0 Å². The van der Waals surface area contributed by atoms with Crippen LogP contribution in [0, 0.1) is 6.92 Å². The maximum atomic E-state index is 7.24. The molecule has 0 bridgehead atoms. The molecular weight excluding hydrogens is 668 g/mol. The molecule has 6 heterocycles. The van der Waals surface area contributed by atoms with Gasteiger partial charge in [0.05, 0.1) is 22.1 Å². The van der Waals surface area contributed by atoms with Crippen molar-refractivity contribution >= 4 is 107 Å². The van der Waals surface area contributed by atoms with Gasteiger partial charge in [0.2, 0.25) is 0 Å². The van der Waals surface area contributed by atoms with E-state index in [2.05, 4.69) is 179 Å². The normalized spacial score (nSPS) is 13.9. The van der Waals surface area contributed by atoms with Crippen molar-refractivity contribution in [2.24, 2.45) is 0 Å². The maximum absolute atomic E-state index is 7.24. The summed E-state index contributed by atoms with van der Waals surface area (Å²) in [6.07, 6.45) is 0. The van der Waals surface area contributed by atoms with Crippen LogP contribution in [0.25, 0.3) is 55.0 Å². The number of aromatic nitrogens is 2. The molecule has 0 saturated carbocycles. The highest BCUT2D eigenvalue weighted by molar-refractivity contribution is 7.02. The number of para-hydroxylation sites is 5.